The molecule has 1 fully saturated rings. The van der Waals surface area contributed by atoms with Crippen LogP contribution in [-0.4, -0.2) is 28.6 Å². The molecule has 0 unspecified atom stereocenters. The monoisotopic (exact) mass is 419 g/mol. The number of benzene rings is 2. The number of H-pyrrole nitrogens is 1. The van der Waals surface area contributed by atoms with Gasteiger partial charge in [-0.3, -0.25) is 5.10 Å². The highest BCUT2D eigenvalue weighted by Crippen LogP contribution is 2.39. The van der Waals surface area contributed by atoms with Gasteiger partial charge in [0.1, 0.15) is 5.82 Å². The minimum atomic E-state index is -3.87. The van der Waals surface area contributed by atoms with Crippen molar-refractivity contribution in [2.75, 3.05) is 5.32 Å². The van der Waals surface area contributed by atoms with Crippen LogP contribution in [0, 0.1) is 13.8 Å². The number of hydrogen-bond donors (Lipinski definition) is 2. The zero-order valence-corrected chi connectivity index (χ0v) is 17.5. The molecule has 0 aliphatic heterocycles. The summed E-state index contributed by atoms with van der Waals surface area (Å²) in [7, 11) is -3.87. The van der Waals surface area contributed by atoms with Gasteiger partial charge in [-0.15, -0.1) is 0 Å². The van der Waals surface area contributed by atoms with E-state index in [4.69, 9.17) is 0 Å². The van der Waals surface area contributed by atoms with Crippen molar-refractivity contribution in [2.24, 2.45) is 0 Å². The summed E-state index contributed by atoms with van der Waals surface area (Å²) in [6.45, 7) is 3.64. The predicted octanol–water partition coefficient (Wildman–Crippen LogP) is 4.42. The van der Waals surface area contributed by atoms with Crippen molar-refractivity contribution < 1.29 is 8.42 Å². The van der Waals surface area contributed by atoms with Crippen LogP contribution in [0.4, 0.5) is 11.6 Å². The number of aryl methyl sites for hydroxylation is 1. The lowest BCUT2D eigenvalue weighted by molar-refractivity contribution is 0.586. The Kier molecular flexibility index (Phi) is 4.32. The van der Waals surface area contributed by atoms with E-state index in [1.807, 2.05) is 37.3 Å². The van der Waals surface area contributed by atoms with Gasteiger partial charge in [0, 0.05) is 28.9 Å². The topological polar surface area (TPSA) is 101 Å². The Bertz CT molecular complexity index is 1370. The molecule has 0 amide bonds. The molecule has 4 aromatic rings. The van der Waals surface area contributed by atoms with Crippen molar-refractivity contribution in [3.8, 4) is 0 Å². The fourth-order valence-electron chi connectivity index (χ4n) is 3.41. The highest BCUT2D eigenvalue weighted by molar-refractivity contribution is 7.91. The van der Waals surface area contributed by atoms with Gasteiger partial charge < -0.3 is 5.32 Å². The van der Waals surface area contributed by atoms with Gasteiger partial charge in [-0.25, -0.2) is 18.4 Å². The van der Waals surface area contributed by atoms with E-state index in [1.165, 1.54) is 12.8 Å². The number of nitrogens with one attached hydrogen (secondary N) is 2. The number of aromatic amines is 1. The van der Waals surface area contributed by atoms with E-state index >= 15 is 0 Å². The second-order valence-electron chi connectivity index (χ2n) is 7.69. The van der Waals surface area contributed by atoms with E-state index < -0.39 is 9.84 Å². The molecular formula is C22H21N5O2S. The molecule has 2 N–H and O–H groups in total. The Morgan fingerprint density at radius 2 is 1.77 bits per heavy atom. The van der Waals surface area contributed by atoms with Crippen LogP contribution < -0.4 is 5.32 Å². The van der Waals surface area contributed by atoms with E-state index in [0.29, 0.717) is 23.2 Å². The smallest absolute Gasteiger partial charge is 0.254 e. The highest BCUT2D eigenvalue weighted by atomic mass is 32.2. The van der Waals surface area contributed by atoms with Gasteiger partial charge in [-0.05, 0) is 49.6 Å². The van der Waals surface area contributed by atoms with Gasteiger partial charge in [0.2, 0.25) is 9.84 Å². The first-order chi connectivity index (χ1) is 14.4. The zero-order valence-electron chi connectivity index (χ0n) is 16.7. The molecule has 0 atom stereocenters. The van der Waals surface area contributed by atoms with Crippen molar-refractivity contribution >= 4 is 32.2 Å². The van der Waals surface area contributed by atoms with Crippen molar-refractivity contribution in [1.82, 2.24) is 20.2 Å². The lowest BCUT2D eigenvalue weighted by atomic mass is 10.1. The molecule has 0 spiro atoms. The zero-order chi connectivity index (χ0) is 20.9. The van der Waals surface area contributed by atoms with E-state index in [9.17, 15) is 8.42 Å². The van der Waals surface area contributed by atoms with Crippen LogP contribution in [0.3, 0.4) is 0 Å². The summed E-state index contributed by atoms with van der Waals surface area (Å²) in [5.41, 5.74) is 2.47. The largest absolute Gasteiger partial charge is 0.323 e. The summed E-state index contributed by atoms with van der Waals surface area (Å²) in [6, 6.07) is 14.6. The summed E-state index contributed by atoms with van der Waals surface area (Å²) < 4.78 is 26.5. The standard InChI is InChI=1S/C22H21N5O2S/c1-13-14(2)23-22(25-21(13)24-20-12-19(26-27-20)16-7-8-16)30(28,29)18-10-9-15-5-3-4-6-17(15)11-18/h3-6,9-12,16H,7-8H2,1-2H3,(H2,23,24,25,26,27). The minimum absolute atomic E-state index is 0.172. The number of nitrogens with zero attached hydrogens (tertiary/aromatic N) is 3. The molecule has 30 heavy (non-hydrogen) atoms. The SMILES string of the molecule is Cc1nc(S(=O)(=O)c2ccc3ccccc3c2)nc(Nc2cc(C3CC3)[nH]n2)c1C. The molecule has 1 aliphatic carbocycles. The molecule has 2 heterocycles. The van der Waals surface area contributed by atoms with E-state index in [1.54, 1.807) is 25.1 Å². The van der Waals surface area contributed by atoms with Gasteiger partial charge in [0.15, 0.2) is 5.82 Å². The van der Waals surface area contributed by atoms with Gasteiger partial charge in [0.25, 0.3) is 5.16 Å². The van der Waals surface area contributed by atoms with Crippen LogP contribution in [0.2, 0.25) is 0 Å². The lowest BCUT2D eigenvalue weighted by Crippen LogP contribution is -2.11. The van der Waals surface area contributed by atoms with Gasteiger partial charge in [0.05, 0.1) is 4.90 Å². The first-order valence-electron chi connectivity index (χ1n) is 9.83. The Morgan fingerprint density at radius 3 is 2.53 bits per heavy atom. The van der Waals surface area contributed by atoms with Crippen LogP contribution in [0.5, 0.6) is 0 Å². The minimum Gasteiger partial charge on any atom is -0.323 e. The van der Waals surface area contributed by atoms with Crippen molar-refractivity contribution in [1.29, 1.82) is 0 Å². The first-order valence-corrected chi connectivity index (χ1v) is 11.3. The number of anilines is 2. The van der Waals surface area contributed by atoms with Crippen LogP contribution in [-0.2, 0) is 9.84 Å². The molecule has 5 rings (SSSR count). The molecule has 8 heteroatoms. The van der Waals surface area contributed by atoms with E-state index in [0.717, 1.165) is 22.0 Å². The molecule has 0 radical (unpaired) electrons. The van der Waals surface area contributed by atoms with Crippen LogP contribution in [0.25, 0.3) is 10.8 Å². The third kappa shape index (κ3) is 3.33. The number of sulfone groups is 1. The summed E-state index contributed by atoms with van der Waals surface area (Å²) >= 11 is 0. The second-order valence-corrected chi connectivity index (χ2v) is 9.53. The fourth-order valence-corrected chi connectivity index (χ4v) is 4.62. The number of rotatable bonds is 5. The Hall–Kier alpha value is -3.26. The van der Waals surface area contributed by atoms with Gasteiger partial charge in [-0.1, -0.05) is 30.3 Å². The molecule has 152 valence electrons. The van der Waals surface area contributed by atoms with Crippen molar-refractivity contribution in [3.63, 3.8) is 0 Å². The molecule has 1 saturated carbocycles. The molecule has 0 bridgehead atoms. The maximum Gasteiger partial charge on any atom is 0.254 e. The molecule has 1 aliphatic rings. The molecular weight excluding hydrogens is 398 g/mol. The first kappa shape index (κ1) is 18.7. The number of aromatic nitrogens is 4. The second kappa shape index (κ2) is 6.91. The summed E-state index contributed by atoms with van der Waals surface area (Å²) in [6.07, 6.45) is 2.34. The van der Waals surface area contributed by atoms with Gasteiger partial charge in [-0.2, -0.15) is 5.10 Å². The average Bonchev–Trinajstić information content (AvgIpc) is 3.49. The fraction of sp³-hybridized carbons (Fsp3) is 0.227. The number of hydrogen-bond acceptors (Lipinski definition) is 6. The van der Waals surface area contributed by atoms with Gasteiger partial charge >= 0.3 is 0 Å². The summed E-state index contributed by atoms with van der Waals surface area (Å²) in [5, 5.41) is 12.1. The third-order valence-electron chi connectivity index (χ3n) is 5.50. The third-order valence-corrected chi connectivity index (χ3v) is 7.04. The molecule has 2 aromatic heterocycles. The summed E-state index contributed by atoms with van der Waals surface area (Å²) in [5.74, 6) is 1.60. The average molecular weight is 420 g/mol. The maximum absolute atomic E-state index is 13.3. The van der Waals surface area contributed by atoms with E-state index in [-0.39, 0.29) is 10.1 Å². The molecule has 0 saturated heterocycles. The van der Waals surface area contributed by atoms with Crippen LogP contribution >= 0.6 is 0 Å². The Balaban J connectivity index is 1.53. The number of fused-ring (bicyclic) bond motifs is 1. The van der Waals surface area contributed by atoms with Crippen molar-refractivity contribution in [2.45, 2.75) is 42.7 Å². The maximum atomic E-state index is 13.3. The molecule has 2 aromatic carbocycles. The molecule has 7 nitrogen and oxygen atoms in total. The Labute approximate surface area is 174 Å². The van der Waals surface area contributed by atoms with Crippen molar-refractivity contribution in [3.05, 3.63) is 65.5 Å². The normalized spacial score (nSPS) is 14.2. The Morgan fingerprint density at radius 1 is 1.00 bits per heavy atom. The lowest BCUT2D eigenvalue weighted by Gasteiger charge is -2.11. The quantitative estimate of drug-likeness (QED) is 0.464. The van der Waals surface area contributed by atoms with E-state index in [2.05, 4.69) is 25.5 Å². The van der Waals surface area contributed by atoms with Crippen LogP contribution in [0.15, 0.2) is 58.6 Å². The predicted molar refractivity (Wildman–Crippen MR) is 115 cm³/mol. The van der Waals surface area contributed by atoms with Crippen LogP contribution in [0.1, 0.15) is 35.7 Å². The summed E-state index contributed by atoms with van der Waals surface area (Å²) in [4.78, 5) is 8.81. The highest BCUT2D eigenvalue weighted by Gasteiger charge is 2.26.